The van der Waals surface area contributed by atoms with Gasteiger partial charge < -0.3 is 5.11 Å². The normalized spacial score (nSPS) is 10.7. The van der Waals surface area contributed by atoms with E-state index in [1.807, 2.05) is 0 Å². The van der Waals surface area contributed by atoms with Gasteiger partial charge in [0, 0.05) is 27.2 Å². The maximum Gasteiger partial charge on any atom is 0.273 e. The zero-order chi connectivity index (χ0) is 17.0. The zero-order valence-corrected chi connectivity index (χ0v) is 13.6. The van der Waals surface area contributed by atoms with Crippen LogP contribution in [0.4, 0.5) is 5.69 Å². The Balaban J connectivity index is 2.13. The molecule has 2 aromatic rings. The SMILES string of the molecule is Cc1ccc(C(=O)N/N=C/c2cc(Br)ccc2O)cc1[N+](=O)[O-]. The average molecular weight is 378 g/mol. The molecule has 0 saturated carbocycles. The molecule has 0 heterocycles. The number of rotatable bonds is 4. The maximum atomic E-state index is 12.0. The highest BCUT2D eigenvalue weighted by Gasteiger charge is 2.14. The van der Waals surface area contributed by atoms with E-state index in [-0.39, 0.29) is 17.0 Å². The minimum atomic E-state index is -0.584. The number of phenols is 1. The van der Waals surface area contributed by atoms with Crippen LogP contribution in [0.25, 0.3) is 0 Å². The number of hydrogen-bond donors (Lipinski definition) is 2. The first kappa shape index (κ1) is 16.6. The largest absolute Gasteiger partial charge is 0.507 e. The predicted molar refractivity (Wildman–Crippen MR) is 88.7 cm³/mol. The molecule has 8 heteroatoms. The fourth-order valence-electron chi connectivity index (χ4n) is 1.80. The molecule has 7 nitrogen and oxygen atoms in total. The molecule has 0 aliphatic carbocycles. The molecule has 0 aromatic heterocycles. The van der Waals surface area contributed by atoms with Crippen LogP contribution in [0.1, 0.15) is 21.5 Å². The molecule has 0 unspecified atom stereocenters. The monoisotopic (exact) mass is 377 g/mol. The molecule has 0 fully saturated rings. The lowest BCUT2D eigenvalue weighted by Crippen LogP contribution is -2.17. The third-order valence-electron chi connectivity index (χ3n) is 3.03. The highest BCUT2D eigenvalue weighted by molar-refractivity contribution is 9.10. The Bertz CT molecular complexity index is 805. The van der Waals surface area contributed by atoms with E-state index in [2.05, 4.69) is 26.5 Å². The lowest BCUT2D eigenvalue weighted by atomic mass is 10.1. The van der Waals surface area contributed by atoms with E-state index in [9.17, 15) is 20.0 Å². The van der Waals surface area contributed by atoms with Crippen molar-refractivity contribution in [1.29, 1.82) is 0 Å². The van der Waals surface area contributed by atoms with Gasteiger partial charge in [-0.15, -0.1) is 0 Å². The average Bonchev–Trinajstić information content (AvgIpc) is 2.50. The van der Waals surface area contributed by atoms with Gasteiger partial charge in [0.1, 0.15) is 5.75 Å². The Hall–Kier alpha value is -2.74. The lowest BCUT2D eigenvalue weighted by molar-refractivity contribution is -0.385. The lowest BCUT2D eigenvalue weighted by Gasteiger charge is -2.02. The molecule has 2 rings (SSSR count). The molecular weight excluding hydrogens is 366 g/mol. The Morgan fingerprint density at radius 3 is 2.78 bits per heavy atom. The third kappa shape index (κ3) is 4.13. The first-order valence-corrected chi connectivity index (χ1v) is 7.25. The van der Waals surface area contributed by atoms with Crippen molar-refractivity contribution in [3.63, 3.8) is 0 Å². The molecule has 0 aliphatic heterocycles. The maximum absolute atomic E-state index is 12.0. The summed E-state index contributed by atoms with van der Waals surface area (Å²) in [4.78, 5) is 22.3. The van der Waals surface area contributed by atoms with Crippen LogP contribution in [0.15, 0.2) is 46.0 Å². The summed E-state index contributed by atoms with van der Waals surface area (Å²) in [5, 5.41) is 24.3. The summed E-state index contributed by atoms with van der Waals surface area (Å²) in [5.41, 5.74) is 3.13. The van der Waals surface area contributed by atoms with E-state index in [0.29, 0.717) is 11.1 Å². The van der Waals surface area contributed by atoms with E-state index < -0.39 is 10.8 Å². The quantitative estimate of drug-likeness (QED) is 0.484. The number of aromatic hydroxyl groups is 1. The van der Waals surface area contributed by atoms with Gasteiger partial charge in [-0.05, 0) is 31.2 Å². The van der Waals surface area contributed by atoms with Gasteiger partial charge in [0.25, 0.3) is 11.6 Å². The van der Waals surface area contributed by atoms with E-state index in [0.717, 1.165) is 4.47 Å². The third-order valence-corrected chi connectivity index (χ3v) is 3.52. The van der Waals surface area contributed by atoms with Crippen LogP contribution in [0.3, 0.4) is 0 Å². The van der Waals surface area contributed by atoms with Crippen LogP contribution in [-0.2, 0) is 0 Å². The van der Waals surface area contributed by atoms with Crippen molar-refractivity contribution in [2.24, 2.45) is 5.10 Å². The first-order chi connectivity index (χ1) is 10.9. The Morgan fingerprint density at radius 1 is 1.35 bits per heavy atom. The molecule has 2 N–H and O–H groups in total. The van der Waals surface area contributed by atoms with Crippen molar-refractivity contribution in [3.8, 4) is 5.75 Å². The van der Waals surface area contributed by atoms with Gasteiger partial charge in [0.15, 0.2) is 0 Å². The molecule has 0 atom stereocenters. The van der Waals surface area contributed by atoms with Crippen LogP contribution < -0.4 is 5.43 Å². The number of nitrogens with zero attached hydrogens (tertiary/aromatic N) is 2. The fourth-order valence-corrected chi connectivity index (χ4v) is 2.18. The first-order valence-electron chi connectivity index (χ1n) is 6.45. The molecule has 118 valence electrons. The zero-order valence-electron chi connectivity index (χ0n) is 12.0. The van der Waals surface area contributed by atoms with Gasteiger partial charge in [0.2, 0.25) is 0 Å². The summed E-state index contributed by atoms with van der Waals surface area (Å²) >= 11 is 3.26. The van der Waals surface area contributed by atoms with Crippen molar-refractivity contribution in [2.75, 3.05) is 0 Å². The number of aryl methyl sites for hydroxylation is 1. The molecular formula is C15H12BrN3O4. The highest BCUT2D eigenvalue weighted by Crippen LogP contribution is 2.20. The molecule has 0 bridgehead atoms. The number of amides is 1. The molecule has 0 saturated heterocycles. The summed E-state index contributed by atoms with van der Waals surface area (Å²) in [7, 11) is 0. The van der Waals surface area contributed by atoms with E-state index in [4.69, 9.17) is 0 Å². The van der Waals surface area contributed by atoms with Gasteiger partial charge >= 0.3 is 0 Å². The second kappa shape index (κ2) is 7.01. The highest BCUT2D eigenvalue weighted by atomic mass is 79.9. The number of benzene rings is 2. The number of nitro groups is 1. The van der Waals surface area contributed by atoms with Gasteiger partial charge in [-0.1, -0.05) is 22.0 Å². The minimum Gasteiger partial charge on any atom is -0.507 e. The molecule has 0 aliphatic rings. The van der Waals surface area contributed by atoms with Crippen LogP contribution >= 0.6 is 15.9 Å². The van der Waals surface area contributed by atoms with Gasteiger partial charge in [-0.2, -0.15) is 5.10 Å². The number of hydrogen-bond acceptors (Lipinski definition) is 5. The molecule has 0 radical (unpaired) electrons. The summed E-state index contributed by atoms with van der Waals surface area (Å²) in [6.45, 7) is 1.59. The van der Waals surface area contributed by atoms with Crippen LogP contribution in [0, 0.1) is 17.0 Å². The number of halogens is 1. The summed E-state index contributed by atoms with van der Waals surface area (Å²) in [6.07, 6.45) is 1.28. The van der Waals surface area contributed by atoms with Gasteiger partial charge in [-0.3, -0.25) is 14.9 Å². The smallest absolute Gasteiger partial charge is 0.273 e. The second-order valence-corrected chi connectivity index (χ2v) is 5.58. The standard InChI is InChI=1S/C15H12BrN3O4/c1-9-2-3-10(7-13(9)19(22)23)15(21)18-17-8-11-6-12(16)4-5-14(11)20/h2-8,20H,1H3,(H,18,21)/b17-8+. The fraction of sp³-hybridized carbons (Fsp3) is 0.0667. The van der Waals surface area contributed by atoms with Crippen molar-refractivity contribution >= 4 is 33.7 Å². The summed E-state index contributed by atoms with van der Waals surface area (Å²) in [6, 6.07) is 8.94. The van der Waals surface area contributed by atoms with E-state index in [1.54, 1.807) is 19.1 Å². The number of phenolic OH excluding ortho intramolecular Hbond substituents is 1. The number of carbonyl (C=O) groups is 1. The summed E-state index contributed by atoms with van der Waals surface area (Å²) < 4.78 is 0.747. The van der Waals surface area contributed by atoms with Crippen LogP contribution in [-0.4, -0.2) is 22.2 Å². The van der Waals surface area contributed by atoms with Crippen molar-refractivity contribution in [1.82, 2.24) is 5.43 Å². The number of nitrogens with one attached hydrogen (secondary N) is 1. The molecule has 1 amide bonds. The van der Waals surface area contributed by atoms with Gasteiger partial charge in [-0.25, -0.2) is 5.43 Å². The van der Waals surface area contributed by atoms with Gasteiger partial charge in [0.05, 0.1) is 11.1 Å². The minimum absolute atomic E-state index is 0.0113. The van der Waals surface area contributed by atoms with Crippen LogP contribution in [0.5, 0.6) is 5.75 Å². The molecule has 23 heavy (non-hydrogen) atoms. The van der Waals surface area contributed by atoms with Crippen molar-refractivity contribution < 1.29 is 14.8 Å². The molecule has 2 aromatic carbocycles. The number of nitro benzene ring substituents is 1. The predicted octanol–water partition coefficient (Wildman–Crippen LogP) is 3.14. The topological polar surface area (TPSA) is 105 Å². The Kier molecular flexibility index (Phi) is 5.07. The van der Waals surface area contributed by atoms with E-state index in [1.165, 1.54) is 30.5 Å². The Morgan fingerprint density at radius 2 is 2.09 bits per heavy atom. The van der Waals surface area contributed by atoms with Crippen LogP contribution in [0.2, 0.25) is 0 Å². The van der Waals surface area contributed by atoms with Crippen molar-refractivity contribution in [2.45, 2.75) is 6.92 Å². The Labute approximate surface area is 139 Å². The molecule has 0 spiro atoms. The van der Waals surface area contributed by atoms with Crippen molar-refractivity contribution in [3.05, 3.63) is 67.7 Å². The van der Waals surface area contributed by atoms with E-state index >= 15 is 0 Å². The number of hydrazone groups is 1. The summed E-state index contributed by atoms with van der Waals surface area (Å²) in [5.74, 6) is -0.573. The second-order valence-electron chi connectivity index (χ2n) is 4.66. The number of carbonyl (C=O) groups excluding carboxylic acids is 1.